The van der Waals surface area contributed by atoms with Gasteiger partial charge in [0.2, 0.25) is 0 Å². The maximum atomic E-state index is 13.3. The zero-order chi connectivity index (χ0) is 18.8. The van der Waals surface area contributed by atoms with E-state index in [9.17, 15) is 4.39 Å². The van der Waals surface area contributed by atoms with E-state index in [1.807, 2.05) is 23.6 Å². The number of ether oxygens (including phenoxy) is 2. The van der Waals surface area contributed by atoms with Crippen LogP contribution in [0.4, 0.5) is 15.9 Å². The minimum atomic E-state index is -0.266. The first kappa shape index (κ1) is 17.2. The Morgan fingerprint density at radius 3 is 2.48 bits per heavy atom. The highest BCUT2D eigenvalue weighted by Gasteiger charge is 2.14. The highest BCUT2D eigenvalue weighted by atomic mass is 32.1. The van der Waals surface area contributed by atoms with Crippen LogP contribution in [0.2, 0.25) is 0 Å². The standard InChI is InChI=1S/C20H16FN3O2S/c1-25-16-8-7-14(9-17(16)26-2)24-19-18-15(10-27-20(18)23-11-22-19)12-3-5-13(21)6-4-12/h3-11H,1-2H3,(H,22,23,24). The molecular formula is C20H16FN3O2S. The average Bonchev–Trinajstić information content (AvgIpc) is 3.13. The molecule has 4 rings (SSSR count). The molecule has 2 heterocycles. The molecular weight excluding hydrogens is 365 g/mol. The number of nitrogens with one attached hydrogen (secondary N) is 1. The van der Waals surface area contributed by atoms with Crippen molar-refractivity contribution in [1.29, 1.82) is 0 Å². The Kier molecular flexibility index (Phi) is 4.60. The van der Waals surface area contributed by atoms with Crippen LogP contribution in [0.1, 0.15) is 0 Å². The summed E-state index contributed by atoms with van der Waals surface area (Å²) in [6, 6.07) is 12.0. The topological polar surface area (TPSA) is 56.3 Å². The molecule has 0 saturated carbocycles. The van der Waals surface area contributed by atoms with Gasteiger partial charge < -0.3 is 14.8 Å². The van der Waals surface area contributed by atoms with Crippen molar-refractivity contribution in [2.75, 3.05) is 19.5 Å². The number of methoxy groups -OCH3 is 2. The predicted octanol–water partition coefficient (Wildman–Crippen LogP) is 5.26. The third-order valence-electron chi connectivity index (χ3n) is 4.17. The van der Waals surface area contributed by atoms with Crippen LogP contribution in [0.5, 0.6) is 11.5 Å². The van der Waals surface area contributed by atoms with Gasteiger partial charge in [-0.1, -0.05) is 12.1 Å². The Labute approximate surface area is 159 Å². The summed E-state index contributed by atoms with van der Waals surface area (Å²) < 4.78 is 23.9. The SMILES string of the molecule is COc1ccc(Nc2ncnc3scc(-c4ccc(F)cc4)c23)cc1OC. The summed E-state index contributed by atoms with van der Waals surface area (Å²) in [5, 5.41) is 6.23. The van der Waals surface area contributed by atoms with Crippen LogP contribution in [0.25, 0.3) is 21.3 Å². The minimum Gasteiger partial charge on any atom is -0.493 e. The molecule has 5 nitrogen and oxygen atoms in total. The van der Waals surface area contributed by atoms with E-state index in [-0.39, 0.29) is 5.82 Å². The van der Waals surface area contributed by atoms with E-state index >= 15 is 0 Å². The summed E-state index contributed by atoms with van der Waals surface area (Å²) in [5.74, 6) is 1.68. The van der Waals surface area contributed by atoms with E-state index in [4.69, 9.17) is 9.47 Å². The number of nitrogens with zero attached hydrogens (tertiary/aromatic N) is 2. The summed E-state index contributed by atoms with van der Waals surface area (Å²) in [6.07, 6.45) is 1.52. The van der Waals surface area contributed by atoms with Crippen LogP contribution in [-0.4, -0.2) is 24.2 Å². The molecule has 0 aliphatic heterocycles. The van der Waals surface area contributed by atoms with Crippen LogP contribution in [0, 0.1) is 5.82 Å². The quantitative estimate of drug-likeness (QED) is 0.511. The van der Waals surface area contributed by atoms with Gasteiger partial charge in [0.05, 0.1) is 19.6 Å². The van der Waals surface area contributed by atoms with Crippen molar-refractivity contribution >= 4 is 33.1 Å². The number of hydrogen-bond acceptors (Lipinski definition) is 6. The molecule has 0 bridgehead atoms. The van der Waals surface area contributed by atoms with Crippen LogP contribution >= 0.6 is 11.3 Å². The molecule has 27 heavy (non-hydrogen) atoms. The lowest BCUT2D eigenvalue weighted by atomic mass is 10.1. The van der Waals surface area contributed by atoms with Gasteiger partial charge in [0.25, 0.3) is 0 Å². The highest BCUT2D eigenvalue weighted by Crippen LogP contribution is 2.38. The molecule has 0 aliphatic carbocycles. The van der Waals surface area contributed by atoms with Gasteiger partial charge in [0.1, 0.15) is 22.8 Å². The maximum absolute atomic E-state index is 13.3. The summed E-state index contributed by atoms with van der Waals surface area (Å²) >= 11 is 1.52. The van der Waals surface area contributed by atoms with Crippen LogP contribution in [0.15, 0.2) is 54.2 Å². The third kappa shape index (κ3) is 3.29. The van der Waals surface area contributed by atoms with Gasteiger partial charge >= 0.3 is 0 Å². The van der Waals surface area contributed by atoms with E-state index in [0.717, 1.165) is 27.0 Å². The summed E-state index contributed by atoms with van der Waals surface area (Å²) in [6.45, 7) is 0. The van der Waals surface area contributed by atoms with Crippen molar-refractivity contribution in [2.45, 2.75) is 0 Å². The lowest BCUT2D eigenvalue weighted by Gasteiger charge is -2.12. The summed E-state index contributed by atoms with van der Waals surface area (Å²) in [4.78, 5) is 9.63. The highest BCUT2D eigenvalue weighted by molar-refractivity contribution is 7.17. The first-order chi connectivity index (χ1) is 13.2. The van der Waals surface area contributed by atoms with Gasteiger partial charge in [-0.2, -0.15) is 0 Å². The van der Waals surface area contributed by atoms with Gasteiger partial charge in [-0.25, -0.2) is 14.4 Å². The van der Waals surface area contributed by atoms with Crippen molar-refractivity contribution < 1.29 is 13.9 Å². The zero-order valence-corrected chi connectivity index (χ0v) is 15.5. The smallest absolute Gasteiger partial charge is 0.162 e. The van der Waals surface area contributed by atoms with Crippen molar-refractivity contribution in [3.8, 4) is 22.6 Å². The van der Waals surface area contributed by atoms with Crippen molar-refractivity contribution in [3.63, 3.8) is 0 Å². The Morgan fingerprint density at radius 2 is 1.74 bits per heavy atom. The van der Waals surface area contributed by atoms with Gasteiger partial charge in [-0.05, 0) is 29.8 Å². The molecule has 0 atom stereocenters. The zero-order valence-electron chi connectivity index (χ0n) is 14.7. The second-order valence-electron chi connectivity index (χ2n) is 5.75. The molecule has 0 spiro atoms. The lowest BCUT2D eigenvalue weighted by molar-refractivity contribution is 0.355. The molecule has 0 saturated heterocycles. The molecule has 4 aromatic rings. The van der Waals surface area contributed by atoms with Crippen molar-refractivity contribution in [3.05, 3.63) is 60.0 Å². The largest absolute Gasteiger partial charge is 0.493 e. The van der Waals surface area contributed by atoms with Gasteiger partial charge in [-0.3, -0.25) is 0 Å². The Balaban J connectivity index is 1.78. The second kappa shape index (κ2) is 7.20. The maximum Gasteiger partial charge on any atom is 0.162 e. The molecule has 1 N–H and O–H groups in total. The van der Waals surface area contributed by atoms with E-state index in [1.165, 1.54) is 29.8 Å². The summed E-state index contributed by atoms with van der Waals surface area (Å²) in [7, 11) is 3.19. The number of fused-ring (bicyclic) bond motifs is 1. The number of aromatic nitrogens is 2. The van der Waals surface area contributed by atoms with E-state index < -0.39 is 0 Å². The van der Waals surface area contributed by atoms with Gasteiger partial charge in [-0.15, -0.1) is 11.3 Å². The number of halogens is 1. The van der Waals surface area contributed by atoms with Gasteiger partial charge in [0, 0.05) is 22.7 Å². The molecule has 0 fully saturated rings. The predicted molar refractivity (Wildman–Crippen MR) is 106 cm³/mol. The summed E-state index contributed by atoms with van der Waals surface area (Å²) in [5.41, 5.74) is 2.68. The molecule has 0 aliphatic rings. The number of hydrogen-bond donors (Lipinski definition) is 1. The van der Waals surface area contributed by atoms with Crippen LogP contribution < -0.4 is 14.8 Å². The molecule has 0 amide bonds. The molecule has 7 heteroatoms. The molecule has 2 aromatic carbocycles. The van der Waals surface area contributed by atoms with E-state index in [0.29, 0.717) is 17.3 Å². The molecule has 2 aromatic heterocycles. The van der Waals surface area contributed by atoms with E-state index in [2.05, 4.69) is 15.3 Å². The fourth-order valence-electron chi connectivity index (χ4n) is 2.86. The number of benzene rings is 2. The Bertz CT molecular complexity index is 1100. The Morgan fingerprint density at radius 1 is 0.963 bits per heavy atom. The van der Waals surface area contributed by atoms with Crippen LogP contribution in [-0.2, 0) is 0 Å². The van der Waals surface area contributed by atoms with E-state index in [1.54, 1.807) is 26.4 Å². The van der Waals surface area contributed by atoms with Gasteiger partial charge in [0.15, 0.2) is 11.5 Å². The van der Waals surface area contributed by atoms with Crippen molar-refractivity contribution in [1.82, 2.24) is 9.97 Å². The molecule has 0 unspecified atom stereocenters. The minimum absolute atomic E-state index is 0.266. The first-order valence-electron chi connectivity index (χ1n) is 8.17. The Hall–Kier alpha value is -3.19. The molecule has 0 radical (unpaired) electrons. The normalized spacial score (nSPS) is 10.8. The average molecular weight is 381 g/mol. The lowest BCUT2D eigenvalue weighted by Crippen LogP contribution is -1.97. The second-order valence-corrected chi connectivity index (χ2v) is 6.61. The fraction of sp³-hybridized carbons (Fsp3) is 0.100. The number of thiophene rings is 1. The monoisotopic (exact) mass is 381 g/mol. The molecule has 136 valence electrons. The first-order valence-corrected chi connectivity index (χ1v) is 9.04. The van der Waals surface area contributed by atoms with Crippen LogP contribution in [0.3, 0.4) is 0 Å². The number of anilines is 2. The third-order valence-corrected chi connectivity index (χ3v) is 5.06. The fourth-order valence-corrected chi connectivity index (χ4v) is 3.78. The van der Waals surface area contributed by atoms with Crippen molar-refractivity contribution in [2.24, 2.45) is 0 Å². The number of rotatable bonds is 5.